The van der Waals surface area contributed by atoms with Gasteiger partial charge in [0.15, 0.2) is 0 Å². The zero-order chi connectivity index (χ0) is 24.8. The summed E-state index contributed by atoms with van der Waals surface area (Å²) in [5, 5.41) is 1.17. The predicted octanol–water partition coefficient (Wildman–Crippen LogP) is 5.64. The molecule has 1 atom stereocenters. The first-order valence-corrected chi connectivity index (χ1v) is 12.3. The molecule has 1 unspecified atom stereocenters. The molecule has 9 heteroatoms. The summed E-state index contributed by atoms with van der Waals surface area (Å²) < 4.78 is 44.9. The Hall–Kier alpha value is -2.75. The molecule has 5 nitrogen and oxygen atoms in total. The molecule has 0 saturated carbocycles. The molecule has 4 rings (SSSR count). The number of hydrogen-bond acceptors (Lipinski definition) is 5. The minimum Gasteiger partial charge on any atom is -0.466 e. The quantitative estimate of drug-likeness (QED) is 0.162. The highest BCUT2D eigenvalue weighted by atomic mass is 32.2. The standard InChI is InChI=1S/C26H28F3N3O2S/c1-34-25(33)11-7-18-6-9-22-19(16-18)8-10-24(22)32(15-13-31-35-26(27,28)29)14-12-20-17-30-23-5-3-2-4-21(20)23/h2-7,9,11,16-17,24,30-31H,8,10,12-15H2,1H3/b11-7+. The number of aromatic nitrogens is 1. The molecule has 0 bridgehead atoms. The van der Waals surface area contributed by atoms with Crippen LogP contribution in [0.15, 0.2) is 54.7 Å². The van der Waals surface area contributed by atoms with Crippen molar-refractivity contribution in [3.05, 3.63) is 77.0 Å². The summed E-state index contributed by atoms with van der Waals surface area (Å²) >= 11 is -0.194. The van der Waals surface area contributed by atoms with Crippen molar-refractivity contribution in [3.8, 4) is 0 Å². The molecule has 0 amide bonds. The van der Waals surface area contributed by atoms with E-state index in [0.717, 1.165) is 36.9 Å². The van der Waals surface area contributed by atoms with Gasteiger partial charge in [-0.25, -0.2) is 4.79 Å². The lowest BCUT2D eigenvalue weighted by atomic mass is 10.0. The smallest absolute Gasteiger partial charge is 0.456 e. The molecule has 0 spiro atoms. The number of hydrogen-bond donors (Lipinski definition) is 2. The number of fused-ring (bicyclic) bond motifs is 2. The number of esters is 1. The van der Waals surface area contributed by atoms with Gasteiger partial charge in [0.2, 0.25) is 0 Å². The number of carbonyl (C=O) groups excluding carboxylic acids is 1. The number of aromatic amines is 1. The number of ether oxygens (including phenoxy) is 1. The summed E-state index contributed by atoms with van der Waals surface area (Å²) in [5.41, 5.74) is 1.30. The van der Waals surface area contributed by atoms with Crippen LogP contribution < -0.4 is 4.72 Å². The van der Waals surface area contributed by atoms with Gasteiger partial charge >= 0.3 is 11.5 Å². The minimum atomic E-state index is -4.30. The highest BCUT2D eigenvalue weighted by molar-refractivity contribution is 7.98. The lowest BCUT2D eigenvalue weighted by Crippen LogP contribution is -2.35. The molecule has 186 valence electrons. The first-order valence-electron chi connectivity index (χ1n) is 11.5. The topological polar surface area (TPSA) is 57.4 Å². The molecule has 0 aliphatic heterocycles. The van der Waals surface area contributed by atoms with E-state index >= 15 is 0 Å². The molecule has 1 aliphatic rings. The van der Waals surface area contributed by atoms with Crippen molar-refractivity contribution < 1.29 is 22.7 Å². The van der Waals surface area contributed by atoms with Gasteiger partial charge < -0.3 is 9.72 Å². The van der Waals surface area contributed by atoms with Crippen LogP contribution in [0, 0.1) is 0 Å². The van der Waals surface area contributed by atoms with E-state index in [1.165, 1.54) is 35.3 Å². The van der Waals surface area contributed by atoms with Crippen molar-refractivity contribution >= 4 is 34.9 Å². The van der Waals surface area contributed by atoms with E-state index in [2.05, 4.69) is 37.5 Å². The molecule has 0 fully saturated rings. The summed E-state index contributed by atoms with van der Waals surface area (Å²) in [6, 6.07) is 14.4. The summed E-state index contributed by atoms with van der Waals surface area (Å²) in [5.74, 6) is -0.406. The van der Waals surface area contributed by atoms with Crippen LogP contribution in [0.25, 0.3) is 17.0 Å². The van der Waals surface area contributed by atoms with Gasteiger partial charge in [-0.3, -0.25) is 9.62 Å². The Labute approximate surface area is 206 Å². The Kier molecular flexibility index (Phi) is 8.20. The second-order valence-electron chi connectivity index (χ2n) is 8.46. The number of nitrogens with one attached hydrogen (secondary N) is 2. The lowest BCUT2D eigenvalue weighted by Gasteiger charge is -2.30. The molecule has 2 aromatic carbocycles. The van der Waals surface area contributed by atoms with E-state index in [0.29, 0.717) is 6.54 Å². The fourth-order valence-corrected chi connectivity index (χ4v) is 5.04. The second kappa shape index (κ2) is 11.3. The van der Waals surface area contributed by atoms with E-state index in [-0.39, 0.29) is 24.5 Å². The van der Waals surface area contributed by atoms with Gasteiger partial charge in [0.1, 0.15) is 0 Å². The van der Waals surface area contributed by atoms with Crippen LogP contribution in [0.4, 0.5) is 13.2 Å². The predicted molar refractivity (Wildman–Crippen MR) is 134 cm³/mol. The Bertz CT molecular complexity index is 1190. The monoisotopic (exact) mass is 503 g/mol. The number of aryl methyl sites for hydroxylation is 1. The summed E-state index contributed by atoms with van der Waals surface area (Å²) in [4.78, 5) is 17.0. The maximum Gasteiger partial charge on any atom is 0.456 e. The van der Waals surface area contributed by atoms with Crippen molar-refractivity contribution in [3.63, 3.8) is 0 Å². The van der Waals surface area contributed by atoms with Crippen LogP contribution in [0.1, 0.15) is 34.7 Å². The van der Waals surface area contributed by atoms with Crippen LogP contribution in [0.2, 0.25) is 0 Å². The highest BCUT2D eigenvalue weighted by Gasteiger charge is 2.30. The number of halogens is 3. The van der Waals surface area contributed by atoms with Crippen molar-refractivity contribution in [1.82, 2.24) is 14.6 Å². The number of rotatable bonds is 10. The highest BCUT2D eigenvalue weighted by Crippen LogP contribution is 2.37. The Morgan fingerprint density at radius 2 is 2.09 bits per heavy atom. The second-order valence-corrected chi connectivity index (χ2v) is 9.41. The van der Waals surface area contributed by atoms with Crippen LogP contribution in [0.3, 0.4) is 0 Å². The van der Waals surface area contributed by atoms with Crippen LogP contribution in [-0.4, -0.2) is 48.1 Å². The Morgan fingerprint density at radius 1 is 1.26 bits per heavy atom. The van der Waals surface area contributed by atoms with Crippen LogP contribution >= 0.6 is 11.9 Å². The Balaban J connectivity index is 1.49. The largest absolute Gasteiger partial charge is 0.466 e. The van der Waals surface area contributed by atoms with Gasteiger partial charge in [-0.1, -0.05) is 36.4 Å². The number of benzene rings is 2. The summed E-state index contributed by atoms with van der Waals surface area (Å²) in [7, 11) is 1.34. The van der Waals surface area contributed by atoms with Gasteiger partial charge in [-0.2, -0.15) is 13.2 Å². The van der Waals surface area contributed by atoms with Crippen LogP contribution in [-0.2, 0) is 22.4 Å². The van der Waals surface area contributed by atoms with E-state index in [1.807, 2.05) is 30.5 Å². The molecule has 2 N–H and O–H groups in total. The van der Waals surface area contributed by atoms with Gasteiger partial charge in [0, 0.05) is 60.8 Å². The van der Waals surface area contributed by atoms with E-state index in [4.69, 9.17) is 0 Å². The minimum absolute atomic E-state index is 0.131. The normalized spacial score (nSPS) is 15.9. The fourth-order valence-electron chi connectivity index (χ4n) is 4.68. The first-order chi connectivity index (χ1) is 16.8. The molecular weight excluding hydrogens is 475 g/mol. The van der Waals surface area contributed by atoms with Crippen LogP contribution in [0.5, 0.6) is 0 Å². The molecule has 0 radical (unpaired) electrons. The third-order valence-electron chi connectivity index (χ3n) is 6.30. The number of nitrogens with zero attached hydrogens (tertiary/aromatic N) is 1. The van der Waals surface area contributed by atoms with Gasteiger partial charge in [-0.15, -0.1) is 0 Å². The maximum atomic E-state index is 12.6. The molecule has 0 saturated heterocycles. The summed E-state index contributed by atoms with van der Waals surface area (Å²) in [6.07, 6.45) is 7.72. The molecule has 1 aromatic heterocycles. The number of H-pyrrole nitrogens is 1. The number of para-hydroxylation sites is 1. The zero-order valence-corrected chi connectivity index (χ0v) is 20.2. The third-order valence-corrected chi connectivity index (χ3v) is 6.88. The molecule has 3 aromatic rings. The zero-order valence-electron chi connectivity index (χ0n) is 19.4. The van der Waals surface area contributed by atoms with Gasteiger partial charge in [-0.05, 0) is 53.7 Å². The molecule has 1 aliphatic carbocycles. The molecule has 35 heavy (non-hydrogen) atoms. The van der Waals surface area contributed by atoms with Gasteiger partial charge in [0.05, 0.1) is 7.11 Å². The molecular formula is C26H28F3N3O2S. The average Bonchev–Trinajstić information content (AvgIpc) is 3.45. The van der Waals surface area contributed by atoms with Crippen molar-refractivity contribution in [2.75, 3.05) is 26.7 Å². The first kappa shape index (κ1) is 25.3. The molecule has 1 heterocycles. The maximum absolute atomic E-state index is 12.6. The number of methoxy groups -OCH3 is 1. The Morgan fingerprint density at radius 3 is 2.89 bits per heavy atom. The lowest BCUT2D eigenvalue weighted by molar-refractivity contribution is -0.134. The van der Waals surface area contributed by atoms with E-state index < -0.39 is 11.5 Å². The van der Waals surface area contributed by atoms with Crippen molar-refractivity contribution in [2.45, 2.75) is 30.8 Å². The van der Waals surface area contributed by atoms with E-state index in [1.54, 1.807) is 6.08 Å². The van der Waals surface area contributed by atoms with Crippen molar-refractivity contribution in [2.24, 2.45) is 0 Å². The van der Waals surface area contributed by atoms with E-state index in [9.17, 15) is 18.0 Å². The van der Waals surface area contributed by atoms with Gasteiger partial charge in [0.25, 0.3) is 0 Å². The number of carbonyl (C=O) groups is 1. The fraction of sp³-hybridized carbons (Fsp3) is 0.346. The average molecular weight is 504 g/mol. The SMILES string of the molecule is COC(=O)/C=C/c1ccc2c(c1)CCC2N(CCNSC(F)(F)F)CCc1c[nH]c2ccccc12. The van der Waals surface area contributed by atoms with Crippen molar-refractivity contribution in [1.29, 1.82) is 0 Å². The number of alkyl halides is 3. The third kappa shape index (κ3) is 6.68. The summed E-state index contributed by atoms with van der Waals surface area (Å²) in [6.45, 7) is 1.46.